The lowest BCUT2D eigenvalue weighted by Crippen LogP contribution is -2.18. The van der Waals surface area contributed by atoms with Gasteiger partial charge in [0.1, 0.15) is 0 Å². The predicted octanol–water partition coefficient (Wildman–Crippen LogP) is 4.99. The first-order valence-electron chi connectivity index (χ1n) is 6.39. The quantitative estimate of drug-likeness (QED) is 0.835. The van der Waals surface area contributed by atoms with Gasteiger partial charge in [-0.05, 0) is 65.0 Å². The molecule has 0 aliphatic heterocycles. The van der Waals surface area contributed by atoms with Crippen molar-refractivity contribution in [2.45, 2.75) is 25.3 Å². The minimum atomic E-state index is 0.290. The van der Waals surface area contributed by atoms with Crippen LogP contribution < -0.4 is 5.32 Å². The fourth-order valence-electron chi connectivity index (χ4n) is 2.54. The molecular weight excluding hydrogens is 324 g/mol. The highest BCUT2D eigenvalue weighted by molar-refractivity contribution is 9.10. The lowest BCUT2D eigenvalue weighted by Gasteiger charge is -2.26. The second-order valence-electron chi connectivity index (χ2n) is 4.77. The van der Waals surface area contributed by atoms with Crippen LogP contribution >= 0.6 is 27.5 Å². The van der Waals surface area contributed by atoms with Crippen molar-refractivity contribution >= 4 is 33.2 Å². The third-order valence-electron chi connectivity index (χ3n) is 3.46. The molecule has 0 bridgehead atoms. The Bertz CT molecular complexity index is 600. The zero-order valence-corrected chi connectivity index (χ0v) is 12.7. The molecule has 2 nitrogen and oxygen atoms in total. The van der Waals surface area contributed by atoms with Crippen molar-refractivity contribution in [1.29, 1.82) is 0 Å². The van der Waals surface area contributed by atoms with E-state index in [1.165, 1.54) is 17.7 Å². The smallest absolute Gasteiger partial charge is 0.0688 e. The zero-order valence-electron chi connectivity index (χ0n) is 10.4. The van der Waals surface area contributed by atoms with Crippen molar-refractivity contribution in [3.63, 3.8) is 0 Å². The summed E-state index contributed by atoms with van der Waals surface area (Å²) in [6.07, 6.45) is 5.32. The molecule has 0 fully saturated rings. The molecule has 0 radical (unpaired) electrons. The fourth-order valence-corrected chi connectivity index (χ4v) is 3.03. The van der Waals surface area contributed by atoms with Crippen LogP contribution in [-0.4, -0.2) is 4.98 Å². The molecule has 1 N–H and O–H groups in total. The lowest BCUT2D eigenvalue weighted by molar-refractivity contribution is 0.583. The topological polar surface area (TPSA) is 24.9 Å². The summed E-state index contributed by atoms with van der Waals surface area (Å²) >= 11 is 9.47. The van der Waals surface area contributed by atoms with Gasteiger partial charge in [-0.3, -0.25) is 4.98 Å². The molecule has 1 heterocycles. The van der Waals surface area contributed by atoms with Gasteiger partial charge in [0.15, 0.2) is 0 Å². The molecule has 0 saturated heterocycles. The Morgan fingerprint density at radius 1 is 1.32 bits per heavy atom. The summed E-state index contributed by atoms with van der Waals surface area (Å²) in [4.78, 5) is 4.54. The van der Waals surface area contributed by atoms with E-state index in [0.29, 0.717) is 0 Å². The standard InChI is InChI=1S/C15H14BrClN2/c16-12-9-11(6-7-13(12)17)19-14-5-1-3-10-4-2-8-18-15(10)14/h2,4,6-9,14,19H,1,3,5H2. The summed E-state index contributed by atoms with van der Waals surface area (Å²) in [7, 11) is 0. The molecular formula is C15H14BrClN2. The Labute approximate surface area is 126 Å². The molecule has 1 aliphatic carbocycles. The zero-order chi connectivity index (χ0) is 13.2. The highest BCUT2D eigenvalue weighted by Gasteiger charge is 2.21. The minimum absolute atomic E-state index is 0.290. The van der Waals surface area contributed by atoms with E-state index >= 15 is 0 Å². The molecule has 0 saturated carbocycles. The van der Waals surface area contributed by atoms with Gasteiger partial charge in [-0.25, -0.2) is 0 Å². The maximum absolute atomic E-state index is 6.02. The average molecular weight is 338 g/mol. The number of rotatable bonds is 2. The summed E-state index contributed by atoms with van der Waals surface area (Å²) in [5.41, 5.74) is 3.61. The Morgan fingerprint density at radius 2 is 2.21 bits per heavy atom. The molecule has 1 aromatic carbocycles. The minimum Gasteiger partial charge on any atom is -0.377 e. The summed E-state index contributed by atoms with van der Waals surface area (Å²) in [6.45, 7) is 0. The van der Waals surface area contributed by atoms with Gasteiger partial charge in [0.25, 0.3) is 0 Å². The second kappa shape index (κ2) is 5.51. The number of anilines is 1. The van der Waals surface area contributed by atoms with E-state index < -0.39 is 0 Å². The molecule has 1 unspecified atom stereocenters. The first-order chi connectivity index (χ1) is 9.24. The highest BCUT2D eigenvalue weighted by Crippen LogP contribution is 2.32. The molecule has 4 heteroatoms. The first-order valence-corrected chi connectivity index (χ1v) is 7.56. The summed E-state index contributed by atoms with van der Waals surface area (Å²) in [6, 6.07) is 10.4. The molecule has 1 aromatic heterocycles. The number of benzene rings is 1. The number of aromatic nitrogens is 1. The van der Waals surface area contributed by atoms with Crippen molar-refractivity contribution in [3.8, 4) is 0 Å². The Morgan fingerprint density at radius 3 is 3.05 bits per heavy atom. The average Bonchev–Trinajstić information content (AvgIpc) is 2.43. The van der Waals surface area contributed by atoms with Gasteiger partial charge < -0.3 is 5.32 Å². The van der Waals surface area contributed by atoms with Gasteiger partial charge >= 0.3 is 0 Å². The van der Waals surface area contributed by atoms with Crippen molar-refractivity contribution in [3.05, 3.63) is 57.3 Å². The number of aryl methyl sites for hydroxylation is 1. The van der Waals surface area contributed by atoms with Crippen LogP contribution in [0.25, 0.3) is 0 Å². The number of fused-ring (bicyclic) bond motifs is 1. The molecule has 98 valence electrons. The number of pyridine rings is 1. The summed E-state index contributed by atoms with van der Waals surface area (Å²) in [5, 5.41) is 4.28. The number of halogens is 2. The number of nitrogens with one attached hydrogen (secondary N) is 1. The molecule has 3 rings (SSSR count). The van der Waals surface area contributed by atoms with Crippen molar-refractivity contribution in [2.24, 2.45) is 0 Å². The number of hydrogen-bond donors (Lipinski definition) is 1. The van der Waals surface area contributed by atoms with E-state index in [4.69, 9.17) is 11.6 Å². The fraction of sp³-hybridized carbons (Fsp3) is 0.267. The SMILES string of the molecule is Clc1ccc(NC2CCCc3cccnc32)cc1Br. The van der Waals surface area contributed by atoms with Crippen LogP contribution in [0.5, 0.6) is 0 Å². The summed E-state index contributed by atoms with van der Waals surface area (Å²) < 4.78 is 0.913. The first kappa shape index (κ1) is 12.9. The van der Waals surface area contributed by atoms with Crippen LogP contribution in [-0.2, 0) is 6.42 Å². The van der Waals surface area contributed by atoms with Crippen LogP contribution in [0.2, 0.25) is 5.02 Å². The van der Waals surface area contributed by atoms with E-state index in [0.717, 1.165) is 28.0 Å². The number of hydrogen-bond acceptors (Lipinski definition) is 2. The molecule has 1 atom stereocenters. The van der Waals surface area contributed by atoms with E-state index in [9.17, 15) is 0 Å². The largest absolute Gasteiger partial charge is 0.377 e. The second-order valence-corrected chi connectivity index (χ2v) is 6.03. The Balaban J connectivity index is 1.86. The molecule has 0 spiro atoms. The maximum Gasteiger partial charge on any atom is 0.0688 e. The Hall–Kier alpha value is -1.06. The van der Waals surface area contributed by atoms with Gasteiger partial charge in [0, 0.05) is 16.4 Å². The van der Waals surface area contributed by atoms with E-state index in [2.05, 4.69) is 32.3 Å². The van der Waals surface area contributed by atoms with Crippen LogP contribution in [0.15, 0.2) is 41.0 Å². The van der Waals surface area contributed by atoms with Crippen molar-refractivity contribution < 1.29 is 0 Å². The maximum atomic E-state index is 6.02. The normalized spacial score (nSPS) is 17.9. The van der Waals surface area contributed by atoms with E-state index in [-0.39, 0.29) is 6.04 Å². The summed E-state index contributed by atoms with van der Waals surface area (Å²) in [5.74, 6) is 0. The molecule has 1 aliphatic rings. The van der Waals surface area contributed by atoms with E-state index in [1.807, 2.05) is 30.5 Å². The van der Waals surface area contributed by atoms with E-state index in [1.54, 1.807) is 0 Å². The van der Waals surface area contributed by atoms with Gasteiger partial charge in [0.2, 0.25) is 0 Å². The predicted molar refractivity (Wildman–Crippen MR) is 82.7 cm³/mol. The van der Waals surface area contributed by atoms with Crippen LogP contribution in [0.4, 0.5) is 5.69 Å². The Kier molecular flexibility index (Phi) is 3.76. The van der Waals surface area contributed by atoms with Crippen LogP contribution in [0, 0.1) is 0 Å². The molecule has 19 heavy (non-hydrogen) atoms. The number of nitrogens with zero attached hydrogens (tertiary/aromatic N) is 1. The molecule has 2 aromatic rings. The highest BCUT2D eigenvalue weighted by atomic mass is 79.9. The van der Waals surface area contributed by atoms with Gasteiger partial charge in [-0.1, -0.05) is 17.7 Å². The van der Waals surface area contributed by atoms with Crippen LogP contribution in [0.3, 0.4) is 0 Å². The molecule has 0 amide bonds. The lowest BCUT2D eigenvalue weighted by atomic mass is 9.92. The van der Waals surface area contributed by atoms with Gasteiger partial charge in [-0.2, -0.15) is 0 Å². The van der Waals surface area contributed by atoms with Gasteiger partial charge in [0.05, 0.1) is 16.8 Å². The van der Waals surface area contributed by atoms with Gasteiger partial charge in [-0.15, -0.1) is 0 Å². The third-order valence-corrected chi connectivity index (χ3v) is 4.67. The van der Waals surface area contributed by atoms with Crippen molar-refractivity contribution in [1.82, 2.24) is 4.98 Å². The van der Waals surface area contributed by atoms with Crippen LogP contribution in [0.1, 0.15) is 30.1 Å². The van der Waals surface area contributed by atoms with Crippen molar-refractivity contribution in [2.75, 3.05) is 5.32 Å². The monoisotopic (exact) mass is 336 g/mol. The third kappa shape index (κ3) is 2.77.